The van der Waals surface area contributed by atoms with Crippen molar-refractivity contribution in [1.82, 2.24) is 15.5 Å². The molecule has 0 spiro atoms. The monoisotopic (exact) mass is 458 g/mol. The fourth-order valence-electron chi connectivity index (χ4n) is 3.88. The molecule has 9 nitrogen and oxygen atoms in total. The minimum absolute atomic E-state index is 0.108. The number of anilines is 1. The minimum atomic E-state index is -0.716. The summed E-state index contributed by atoms with van der Waals surface area (Å²) < 4.78 is 16.4. The van der Waals surface area contributed by atoms with Crippen LogP contribution in [0.25, 0.3) is 0 Å². The number of rotatable bonds is 11. The van der Waals surface area contributed by atoms with Gasteiger partial charge in [0.05, 0.1) is 18.8 Å². The van der Waals surface area contributed by atoms with Crippen molar-refractivity contribution in [2.75, 3.05) is 57.4 Å². The average Bonchev–Trinajstić information content (AvgIpc) is 3.38. The van der Waals surface area contributed by atoms with Gasteiger partial charge in [-0.15, -0.1) is 0 Å². The minimum Gasteiger partial charge on any atom is -0.468 e. The number of nitrogens with zero attached hydrogens (tertiary/aromatic N) is 2. The smallest absolute Gasteiger partial charge is 0.309 e. The molecule has 0 aliphatic carbocycles. The summed E-state index contributed by atoms with van der Waals surface area (Å²) in [7, 11) is 0. The molecule has 1 unspecified atom stereocenters. The SMILES string of the molecule is CCOC(CNC(=O)C(=O)NCC(c1ccco1)N1CCN(c2ccccc2)CC1)OCC. The third-order valence-electron chi connectivity index (χ3n) is 5.54. The molecule has 2 N–H and O–H groups in total. The normalized spacial score (nSPS) is 15.4. The summed E-state index contributed by atoms with van der Waals surface area (Å²) in [5, 5.41) is 5.32. The summed E-state index contributed by atoms with van der Waals surface area (Å²) in [4.78, 5) is 29.3. The van der Waals surface area contributed by atoms with E-state index < -0.39 is 18.1 Å². The molecule has 1 saturated heterocycles. The van der Waals surface area contributed by atoms with Gasteiger partial charge in [-0.25, -0.2) is 0 Å². The summed E-state index contributed by atoms with van der Waals surface area (Å²) in [5.74, 6) is -0.649. The number of para-hydroxylation sites is 1. The summed E-state index contributed by atoms with van der Waals surface area (Å²) in [5.41, 5.74) is 1.20. The van der Waals surface area contributed by atoms with Gasteiger partial charge in [-0.1, -0.05) is 18.2 Å². The van der Waals surface area contributed by atoms with E-state index >= 15 is 0 Å². The van der Waals surface area contributed by atoms with Crippen molar-refractivity contribution in [2.24, 2.45) is 0 Å². The number of ether oxygens (including phenoxy) is 2. The van der Waals surface area contributed by atoms with Gasteiger partial charge in [0.1, 0.15) is 5.76 Å². The highest BCUT2D eigenvalue weighted by atomic mass is 16.7. The standard InChI is InChI=1S/C24H34N4O5/c1-3-31-22(32-4-2)18-26-24(30)23(29)25-17-20(21-11-8-16-33-21)28-14-12-27(13-15-28)19-9-6-5-7-10-19/h5-11,16,20,22H,3-4,12-15,17-18H2,1-2H3,(H,25,29)(H,26,30). The molecule has 1 aliphatic rings. The molecule has 2 heterocycles. The molecule has 0 saturated carbocycles. The van der Waals surface area contributed by atoms with E-state index in [1.54, 1.807) is 6.26 Å². The first-order chi connectivity index (χ1) is 16.1. The largest absolute Gasteiger partial charge is 0.468 e. The Hall–Kier alpha value is -2.88. The van der Waals surface area contributed by atoms with Gasteiger partial charge in [0.15, 0.2) is 6.29 Å². The highest BCUT2D eigenvalue weighted by Crippen LogP contribution is 2.24. The maximum absolute atomic E-state index is 12.4. The maximum atomic E-state index is 12.4. The van der Waals surface area contributed by atoms with Crippen molar-refractivity contribution >= 4 is 17.5 Å². The predicted molar refractivity (Wildman–Crippen MR) is 125 cm³/mol. The molecular formula is C24H34N4O5. The molecule has 0 bridgehead atoms. The molecule has 2 aromatic rings. The summed E-state index contributed by atoms with van der Waals surface area (Å²) >= 11 is 0. The molecule has 0 radical (unpaired) electrons. The zero-order valence-corrected chi connectivity index (χ0v) is 19.4. The van der Waals surface area contributed by atoms with Crippen molar-refractivity contribution < 1.29 is 23.5 Å². The summed E-state index contributed by atoms with van der Waals surface area (Å²) in [6, 6.07) is 13.9. The number of furan rings is 1. The number of hydrogen-bond acceptors (Lipinski definition) is 7. The van der Waals surface area contributed by atoms with Crippen LogP contribution in [0.5, 0.6) is 0 Å². The Labute approximate surface area is 195 Å². The lowest BCUT2D eigenvalue weighted by molar-refractivity contribution is -0.146. The molecule has 1 atom stereocenters. The van der Waals surface area contributed by atoms with E-state index in [4.69, 9.17) is 13.9 Å². The van der Waals surface area contributed by atoms with E-state index in [-0.39, 0.29) is 19.1 Å². The van der Waals surface area contributed by atoms with E-state index in [1.807, 2.05) is 44.2 Å². The highest BCUT2D eigenvalue weighted by molar-refractivity contribution is 6.35. The first kappa shape index (κ1) is 24.8. The Bertz CT molecular complexity index is 832. The van der Waals surface area contributed by atoms with Crippen LogP contribution in [-0.4, -0.2) is 75.5 Å². The third kappa shape index (κ3) is 7.31. The number of carbonyl (C=O) groups excluding carboxylic acids is 2. The van der Waals surface area contributed by atoms with Crippen molar-refractivity contribution in [3.63, 3.8) is 0 Å². The molecule has 1 aromatic heterocycles. The van der Waals surface area contributed by atoms with Crippen LogP contribution in [0.1, 0.15) is 25.6 Å². The summed E-state index contributed by atoms with van der Waals surface area (Å²) in [6.45, 7) is 8.33. The molecule has 180 valence electrons. The maximum Gasteiger partial charge on any atom is 0.309 e. The second-order valence-electron chi connectivity index (χ2n) is 7.65. The van der Waals surface area contributed by atoms with Gasteiger partial charge in [-0.3, -0.25) is 14.5 Å². The van der Waals surface area contributed by atoms with E-state index in [0.717, 1.165) is 31.9 Å². The Kier molecular flexibility index (Phi) is 9.74. The fraction of sp³-hybridized carbons (Fsp3) is 0.500. The van der Waals surface area contributed by atoms with Crippen LogP contribution in [0.15, 0.2) is 53.1 Å². The Morgan fingerprint density at radius 3 is 2.12 bits per heavy atom. The van der Waals surface area contributed by atoms with Gasteiger partial charge in [-0.2, -0.15) is 0 Å². The van der Waals surface area contributed by atoms with Crippen LogP contribution < -0.4 is 15.5 Å². The second-order valence-corrected chi connectivity index (χ2v) is 7.65. The quantitative estimate of drug-likeness (QED) is 0.391. The van der Waals surface area contributed by atoms with E-state index in [9.17, 15) is 9.59 Å². The van der Waals surface area contributed by atoms with Gasteiger partial charge in [0.25, 0.3) is 0 Å². The van der Waals surface area contributed by atoms with Crippen molar-refractivity contribution in [2.45, 2.75) is 26.2 Å². The van der Waals surface area contributed by atoms with Crippen LogP contribution >= 0.6 is 0 Å². The van der Waals surface area contributed by atoms with Gasteiger partial charge in [0, 0.05) is 51.6 Å². The molecule has 9 heteroatoms. The van der Waals surface area contributed by atoms with Crippen LogP contribution in [-0.2, 0) is 19.1 Å². The van der Waals surface area contributed by atoms with Crippen LogP contribution in [0.4, 0.5) is 5.69 Å². The lowest BCUT2D eigenvalue weighted by Crippen LogP contribution is -2.51. The molecule has 2 amide bonds. The molecule has 1 aliphatic heterocycles. The molecule has 1 fully saturated rings. The van der Waals surface area contributed by atoms with Crippen molar-refractivity contribution in [3.05, 3.63) is 54.5 Å². The number of amides is 2. The topological polar surface area (TPSA) is 96.3 Å². The first-order valence-corrected chi connectivity index (χ1v) is 11.5. The Morgan fingerprint density at radius 1 is 0.909 bits per heavy atom. The molecule has 3 rings (SSSR count). The van der Waals surface area contributed by atoms with E-state index in [1.165, 1.54) is 5.69 Å². The molecule has 1 aromatic carbocycles. The molecular weight excluding hydrogens is 424 g/mol. The highest BCUT2D eigenvalue weighted by Gasteiger charge is 2.28. The van der Waals surface area contributed by atoms with E-state index in [2.05, 4.69) is 32.6 Å². The fourth-order valence-corrected chi connectivity index (χ4v) is 3.88. The van der Waals surface area contributed by atoms with Crippen molar-refractivity contribution in [1.29, 1.82) is 0 Å². The molecule has 33 heavy (non-hydrogen) atoms. The first-order valence-electron chi connectivity index (χ1n) is 11.5. The lowest BCUT2D eigenvalue weighted by Gasteiger charge is -2.39. The number of carbonyl (C=O) groups is 2. The van der Waals surface area contributed by atoms with Gasteiger partial charge in [0.2, 0.25) is 0 Å². The van der Waals surface area contributed by atoms with Gasteiger partial charge in [-0.05, 0) is 38.1 Å². The number of benzene rings is 1. The zero-order chi connectivity index (χ0) is 23.5. The summed E-state index contributed by atoms with van der Waals surface area (Å²) in [6.07, 6.45) is 1.05. The van der Waals surface area contributed by atoms with Crippen LogP contribution in [0.2, 0.25) is 0 Å². The second kappa shape index (κ2) is 13.0. The predicted octanol–water partition coefficient (Wildman–Crippen LogP) is 1.77. The van der Waals surface area contributed by atoms with Crippen LogP contribution in [0.3, 0.4) is 0 Å². The third-order valence-corrected chi connectivity index (χ3v) is 5.54. The number of piperazine rings is 1. The van der Waals surface area contributed by atoms with Gasteiger partial charge >= 0.3 is 11.8 Å². The number of hydrogen-bond donors (Lipinski definition) is 2. The van der Waals surface area contributed by atoms with Crippen LogP contribution in [0, 0.1) is 0 Å². The van der Waals surface area contributed by atoms with E-state index in [0.29, 0.717) is 13.2 Å². The Morgan fingerprint density at radius 2 is 1.55 bits per heavy atom. The zero-order valence-electron chi connectivity index (χ0n) is 19.4. The number of nitrogens with one attached hydrogen (secondary N) is 2. The average molecular weight is 459 g/mol. The van der Waals surface area contributed by atoms with Crippen molar-refractivity contribution in [3.8, 4) is 0 Å². The Balaban J connectivity index is 1.52. The lowest BCUT2D eigenvalue weighted by atomic mass is 10.1. The van der Waals surface area contributed by atoms with Gasteiger partial charge < -0.3 is 29.4 Å².